The number of carboxylic acids is 1. The normalized spacial score (nSPS) is 10.2. The summed E-state index contributed by atoms with van der Waals surface area (Å²) in [7, 11) is 0. The Morgan fingerprint density at radius 3 is 2.75 bits per heavy atom. The highest BCUT2D eigenvalue weighted by molar-refractivity contribution is 7.08. The SMILES string of the molecule is Cc1cscc1CNc1ccc(C(=O)O)cc1[N+](=O)[O-]. The predicted molar refractivity (Wildman–Crippen MR) is 76.4 cm³/mol. The van der Waals surface area contributed by atoms with Gasteiger partial charge in [0, 0.05) is 12.6 Å². The summed E-state index contributed by atoms with van der Waals surface area (Å²) < 4.78 is 0. The number of nitro groups is 1. The van der Waals surface area contributed by atoms with Crippen LogP contribution in [0.15, 0.2) is 29.0 Å². The fraction of sp³-hybridized carbons (Fsp3) is 0.154. The first kappa shape index (κ1) is 14.0. The summed E-state index contributed by atoms with van der Waals surface area (Å²) >= 11 is 1.57. The standard InChI is InChI=1S/C13H12N2O4S/c1-8-6-20-7-10(8)5-14-11-3-2-9(13(16)17)4-12(11)15(18)19/h2-4,6-7,14H,5H2,1H3,(H,16,17). The molecule has 2 N–H and O–H groups in total. The molecule has 0 spiro atoms. The van der Waals surface area contributed by atoms with Crippen molar-refractivity contribution in [3.05, 3.63) is 55.8 Å². The van der Waals surface area contributed by atoms with Gasteiger partial charge >= 0.3 is 5.97 Å². The number of hydrogen-bond donors (Lipinski definition) is 2. The number of rotatable bonds is 5. The average Bonchev–Trinajstić information content (AvgIpc) is 2.81. The van der Waals surface area contributed by atoms with E-state index in [-0.39, 0.29) is 11.3 Å². The maximum atomic E-state index is 11.0. The largest absolute Gasteiger partial charge is 0.478 e. The lowest BCUT2D eigenvalue weighted by atomic mass is 10.1. The maximum Gasteiger partial charge on any atom is 0.335 e. The Bertz CT molecular complexity index is 666. The third-order valence-electron chi connectivity index (χ3n) is 2.87. The van der Waals surface area contributed by atoms with Crippen molar-refractivity contribution in [3.8, 4) is 0 Å². The van der Waals surface area contributed by atoms with Crippen molar-refractivity contribution in [3.63, 3.8) is 0 Å². The van der Waals surface area contributed by atoms with E-state index in [1.807, 2.05) is 17.7 Å². The molecule has 0 atom stereocenters. The second kappa shape index (κ2) is 5.70. The van der Waals surface area contributed by atoms with Gasteiger partial charge in [0.2, 0.25) is 0 Å². The van der Waals surface area contributed by atoms with Gasteiger partial charge in [-0.25, -0.2) is 4.79 Å². The van der Waals surface area contributed by atoms with E-state index >= 15 is 0 Å². The number of nitrogens with zero attached hydrogens (tertiary/aromatic N) is 1. The number of aryl methyl sites for hydroxylation is 1. The lowest BCUT2D eigenvalue weighted by Crippen LogP contribution is -2.05. The monoisotopic (exact) mass is 292 g/mol. The molecule has 0 bridgehead atoms. The van der Waals surface area contributed by atoms with Gasteiger partial charge < -0.3 is 10.4 Å². The second-order valence-corrected chi connectivity index (χ2v) is 4.97. The Balaban J connectivity index is 2.25. The lowest BCUT2D eigenvalue weighted by Gasteiger charge is -2.07. The quantitative estimate of drug-likeness (QED) is 0.651. The van der Waals surface area contributed by atoms with E-state index in [1.165, 1.54) is 12.1 Å². The van der Waals surface area contributed by atoms with E-state index in [2.05, 4.69) is 5.32 Å². The molecule has 20 heavy (non-hydrogen) atoms. The van der Waals surface area contributed by atoms with Gasteiger partial charge in [0.05, 0.1) is 10.5 Å². The fourth-order valence-electron chi connectivity index (χ4n) is 1.72. The first-order chi connectivity index (χ1) is 9.49. The summed E-state index contributed by atoms with van der Waals surface area (Å²) in [6, 6.07) is 3.83. The third kappa shape index (κ3) is 2.94. The minimum absolute atomic E-state index is 0.103. The summed E-state index contributed by atoms with van der Waals surface area (Å²) in [6.45, 7) is 2.43. The summed E-state index contributed by atoms with van der Waals surface area (Å²) in [5.41, 5.74) is 2.15. The fourth-order valence-corrected chi connectivity index (χ4v) is 2.58. The van der Waals surface area contributed by atoms with E-state index in [0.29, 0.717) is 12.2 Å². The van der Waals surface area contributed by atoms with Gasteiger partial charge in [-0.05, 0) is 40.9 Å². The number of hydrogen-bond acceptors (Lipinski definition) is 5. The summed E-state index contributed by atoms with van der Waals surface area (Å²) in [4.78, 5) is 21.2. The van der Waals surface area contributed by atoms with Crippen molar-refractivity contribution >= 4 is 28.7 Å². The number of nitrogens with one attached hydrogen (secondary N) is 1. The van der Waals surface area contributed by atoms with Crippen molar-refractivity contribution < 1.29 is 14.8 Å². The molecule has 0 aliphatic heterocycles. The average molecular weight is 292 g/mol. The van der Waals surface area contributed by atoms with Gasteiger partial charge in [-0.1, -0.05) is 0 Å². The minimum atomic E-state index is -1.19. The Morgan fingerprint density at radius 2 is 2.20 bits per heavy atom. The molecular formula is C13H12N2O4S. The van der Waals surface area contributed by atoms with Gasteiger partial charge in [0.25, 0.3) is 5.69 Å². The molecule has 2 rings (SSSR count). The van der Waals surface area contributed by atoms with Crippen LogP contribution in [0, 0.1) is 17.0 Å². The van der Waals surface area contributed by atoms with Crippen molar-refractivity contribution in [1.29, 1.82) is 0 Å². The van der Waals surface area contributed by atoms with Crippen molar-refractivity contribution in [2.75, 3.05) is 5.32 Å². The van der Waals surface area contributed by atoms with Crippen LogP contribution in [0.2, 0.25) is 0 Å². The molecule has 0 aliphatic rings. The third-order valence-corrected chi connectivity index (χ3v) is 3.78. The molecule has 1 aromatic carbocycles. The molecule has 0 saturated carbocycles. The molecule has 1 heterocycles. The molecule has 0 aliphatic carbocycles. The van der Waals surface area contributed by atoms with Crippen LogP contribution in [-0.2, 0) is 6.54 Å². The van der Waals surface area contributed by atoms with Crippen LogP contribution < -0.4 is 5.32 Å². The van der Waals surface area contributed by atoms with Gasteiger partial charge in [-0.3, -0.25) is 10.1 Å². The van der Waals surface area contributed by atoms with Gasteiger partial charge in [-0.15, -0.1) is 0 Å². The first-order valence-electron chi connectivity index (χ1n) is 5.76. The van der Waals surface area contributed by atoms with Crippen LogP contribution in [-0.4, -0.2) is 16.0 Å². The van der Waals surface area contributed by atoms with E-state index in [4.69, 9.17) is 5.11 Å². The number of carboxylic acid groups (broad SMARTS) is 1. The number of benzene rings is 1. The van der Waals surface area contributed by atoms with E-state index in [9.17, 15) is 14.9 Å². The number of nitro benzene ring substituents is 1. The van der Waals surface area contributed by atoms with Gasteiger partial charge in [0.1, 0.15) is 5.69 Å². The van der Waals surface area contributed by atoms with Crippen LogP contribution in [0.5, 0.6) is 0 Å². The molecule has 6 nitrogen and oxygen atoms in total. The van der Waals surface area contributed by atoms with Crippen LogP contribution >= 0.6 is 11.3 Å². The molecule has 2 aromatic rings. The van der Waals surface area contributed by atoms with Gasteiger partial charge in [-0.2, -0.15) is 11.3 Å². The number of carbonyl (C=O) groups is 1. The van der Waals surface area contributed by atoms with Crippen molar-refractivity contribution in [2.45, 2.75) is 13.5 Å². The molecule has 0 amide bonds. The smallest absolute Gasteiger partial charge is 0.335 e. The summed E-state index contributed by atoms with van der Waals surface area (Å²) in [5.74, 6) is -1.19. The zero-order valence-corrected chi connectivity index (χ0v) is 11.4. The number of anilines is 1. The minimum Gasteiger partial charge on any atom is -0.478 e. The number of aromatic carboxylic acids is 1. The Kier molecular flexibility index (Phi) is 3.99. The van der Waals surface area contributed by atoms with Crippen molar-refractivity contribution in [2.24, 2.45) is 0 Å². The summed E-state index contributed by atoms with van der Waals surface area (Å²) in [6.07, 6.45) is 0. The van der Waals surface area contributed by atoms with Gasteiger partial charge in [0.15, 0.2) is 0 Å². The predicted octanol–water partition coefficient (Wildman–Crippen LogP) is 3.28. The zero-order chi connectivity index (χ0) is 14.7. The first-order valence-corrected chi connectivity index (χ1v) is 6.70. The Labute approximate surface area is 118 Å². The molecule has 0 unspecified atom stereocenters. The molecule has 0 saturated heterocycles. The molecule has 0 fully saturated rings. The highest BCUT2D eigenvalue weighted by atomic mass is 32.1. The molecule has 1 aromatic heterocycles. The highest BCUT2D eigenvalue weighted by Crippen LogP contribution is 2.26. The van der Waals surface area contributed by atoms with Crippen LogP contribution in [0.3, 0.4) is 0 Å². The maximum absolute atomic E-state index is 11.0. The van der Waals surface area contributed by atoms with Crippen LogP contribution in [0.25, 0.3) is 0 Å². The molecule has 104 valence electrons. The second-order valence-electron chi connectivity index (χ2n) is 4.23. The zero-order valence-electron chi connectivity index (χ0n) is 10.6. The van der Waals surface area contributed by atoms with E-state index in [1.54, 1.807) is 11.3 Å². The molecule has 7 heteroatoms. The van der Waals surface area contributed by atoms with E-state index < -0.39 is 10.9 Å². The Morgan fingerprint density at radius 1 is 1.45 bits per heavy atom. The van der Waals surface area contributed by atoms with Crippen LogP contribution in [0.4, 0.5) is 11.4 Å². The lowest BCUT2D eigenvalue weighted by molar-refractivity contribution is -0.384. The van der Waals surface area contributed by atoms with E-state index in [0.717, 1.165) is 17.2 Å². The number of thiophene rings is 1. The van der Waals surface area contributed by atoms with Crippen LogP contribution in [0.1, 0.15) is 21.5 Å². The van der Waals surface area contributed by atoms with Crippen molar-refractivity contribution in [1.82, 2.24) is 0 Å². The molecular weight excluding hydrogens is 280 g/mol. The molecule has 0 radical (unpaired) electrons. The highest BCUT2D eigenvalue weighted by Gasteiger charge is 2.17. The topological polar surface area (TPSA) is 92.5 Å². The summed E-state index contributed by atoms with van der Waals surface area (Å²) in [5, 5.41) is 26.8. The Hall–Kier alpha value is -2.41.